The average molecular weight is 477 g/mol. The maximum Gasteiger partial charge on any atom is 0.329 e. The molecule has 9 heteroatoms. The van der Waals surface area contributed by atoms with Gasteiger partial charge in [0.05, 0.1) is 12.6 Å². The normalized spacial score (nSPS) is 15.7. The number of nitrogens with zero attached hydrogens (tertiary/aromatic N) is 1. The van der Waals surface area contributed by atoms with Gasteiger partial charge in [0.1, 0.15) is 5.82 Å². The topological polar surface area (TPSA) is 115 Å². The summed E-state index contributed by atoms with van der Waals surface area (Å²) in [5, 5.41) is 9.60. The van der Waals surface area contributed by atoms with E-state index in [-0.39, 0.29) is 30.6 Å². The molecule has 1 amide bonds. The maximum atomic E-state index is 13.8. The van der Waals surface area contributed by atoms with Crippen LogP contribution in [-0.4, -0.2) is 37.7 Å². The van der Waals surface area contributed by atoms with E-state index in [0.717, 1.165) is 38.2 Å². The van der Waals surface area contributed by atoms with Gasteiger partial charge in [0.25, 0.3) is 5.91 Å². The quantitative estimate of drug-likeness (QED) is 0.456. The summed E-state index contributed by atoms with van der Waals surface area (Å²) in [6.45, 7) is 0.111. The van der Waals surface area contributed by atoms with Crippen LogP contribution in [0.25, 0.3) is 0 Å². The second kappa shape index (κ2) is 11.1. The number of aliphatic carboxylic acids is 1. The summed E-state index contributed by atoms with van der Waals surface area (Å²) in [5.74, 6) is -1.96. The van der Waals surface area contributed by atoms with Crippen LogP contribution in [0.5, 0.6) is 0 Å². The zero-order valence-corrected chi connectivity index (χ0v) is 19.2. The van der Waals surface area contributed by atoms with E-state index < -0.39 is 31.3 Å². The van der Waals surface area contributed by atoms with Gasteiger partial charge in [-0.1, -0.05) is 49.6 Å². The molecule has 0 aromatic heterocycles. The van der Waals surface area contributed by atoms with E-state index >= 15 is 0 Å². The van der Waals surface area contributed by atoms with E-state index in [4.69, 9.17) is 0 Å². The van der Waals surface area contributed by atoms with Gasteiger partial charge < -0.3 is 19.8 Å². The monoisotopic (exact) mass is 477 g/mol. The highest BCUT2D eigenvalue weighted by Gasteiger charge is 2.34. The van der Waals surface area contributed by atoms with Gasteiger partial charge in [-0.25, -0.2) is 4.39 Å². The molecular formula is C24H29FNO6P. The Morgan fingerprint density at radius 1 is 1.03 bits per heavy atom. The second-order valence-electron chi connectivity index (χ2n) is 8.65. The largest absolute Gasteiger partial charge is 0.481 e. The molecule has 0 bridgehead atoms. The van der Waals surface area contributed by atoms with Crippen molar-refractivity contribution in [1.82, 2.24) is 4.90 Å². The molecule has 33 heavy (non-hydrogen) atoms. The van der Waals surface area contributed by atoms with Crippen molar-refractivity contribution in [2.24, 2.45) is 5.92 Å². The van der Waals surface area contributed by atoms with Crippen LogP contribution in [0.4, 0.5) is 4.39 Å². The molecule has 178 valence electrons. The van der Waals surface area contributed by atoms with E-state index in [0.29, 0.717) is 11.1 Å². The summed E-state index contributed by atoms with van der Waals surface area (Å²) < 4.78 is 25.1. The van der Waals surface area contributed by atoms with E-state index in [2.05, 4.69) is 0 Å². The molecule has 3 N–H and O–H groups in total. The van der Waals surface area contributed by atoms with Crippen LogP contribution in [0, 0.1) is 11.7 Å². The molecule has 1 aliphatic rings. The maximum absolute atomic E-state index is 13.8. The first kappa shape index (κ1) is 25.1. The van der Waals surface area contributed by atoms with E-state index in [9.17, 15) is 33.4 Å². The lowest BCUT2D eigenvalue weighted by atomic mass is 9.81. The Hall–Kier alpha value is -2.54. The van der Waals surface area contributed by atoms with Gasteiger partial charge in [-0.3, -0.25) is 14.2 Å². The Kier molecular flexibility index (Phi) is 8.40. The molecule has 0 heterocycles. The molecule has 1 aliphatic carbocycles. The van der Waals surface area contributed by atoms with Gasteiger partial charge in [0.15, 0.2) is 0 Å². The Bertz CT molecular complexity index is 1020. The van der Waals surface area contributed by atoms with Crippen molar-refractivity contribution in [3.8, 4) is 0 Å². The summed E-state index contributed by atoms with van der Waals surface area (Å²) in [5.41, 5.74) is 1.31. The number of carbonyl (C=O) groups excluding carboxylic acids is 1. The molecule has 0 aliphatic heterocycles. The van der Waals surface area contributed by atoms with Crippen LogP contribution in [-0.2, 0) is 22.1 Å². The molecule has 3 rings (SSSR count). The smallest absolute Gasteiger partial charge is 0.329 e. The third-order valence-corrected chi connectivity index (χ3v) is 6.85. The molecule has 0 radical (unpaired) electrons. The molecule has 1 saturated carbocycles. The van der Waals surface area contributed by atoms with Crippen LogP contribution >= 0.6 is 7.60 Å². The molecule has 2 aromatic rings. The number of amides is 1. The van der Waals surface area contributed by atoms with Crippen molar-refractivity contribution in [3.05, 3.63) is 71.0 Å². The zero-order chi connectivity index (χ0) is 24.0. The van der Waals surface area contributed by atoms with Crippen molar-refractivity contribution in [2.45, 2.75) is 57.3 Å². The first-order valence-corrected chi connectivity index (χ1v) is 12.8. The number of carboxylic acid groups (broad SMARTS) is 1. The van der Waals surface area contributed by atoms with Gasteiger partial charge in [0.2, 0.25) is 0 Å². The predicted octanol–water partition coefficient (Wildman–Crippen LogP) is 4.57. The Balaban J connectivity index is 1.93. The number of carbonyl (C=O) groups is 2. The number of benzene rings is 2. The minimum absolute atomic E-state index is 0.0290. The highest BCUT2D eigenvalue weighted by molar-refractivity contribution is 7.50. The third-order valence-electron chi connectivity index (χ3n) is 6.07. The van der Waals surface area contributed by atoms with Crippen LogP contribution in [0.3, 0.4) is 0 Å². The second-order valence-corrected chi connectivity index (χ2v) is 10.3. The standard InChI is InChI=1S/C24H29FNO6P/c25-21-8-4-7-20(13-21)24(29)26(22(14-23(27)28)19-5-2-1-3-6-19)15-17-9-11-18(12-10-17)16-33(30,31)32/h4,7-13,19,22H,1-3,5-6,14-16H2,(H,27,28)(H2,30,31,32). The van der Waals surface area contributed by atoms with Gasteiger partial charge in [-0.15, -0.1) is 0 Å². The summed E-state index contributed by atoms with van der Waals surface area (Å²) in [7, 11) is -4.21. The SMILES string of the molecule is O=C(O)CC(C1CCCCC1)N(Cc1ccc(CP(=O)(O)O)cc1)C(=O)c1cccc(F)c1. The van der Waals surface area contributed by atoms with Crippen LogP contribution in [0.2, 0.25) is 0 Å². The Morgan fingerprint density at radius 2 is 1.67 bits per heavy atom. The minimum atomic E-state index is -4.21. The van der Waals surface area contributed by atoms with E-state index in [1.54, 1.807) is 24.3 Å². The summed E-state index contributed by atoms with van der Waals surface area (Å²) in [6.07, 6.45) is 4.08. The van der Waals surface area contributed by atoms with Crippen LogP contribution < -0.4 is 0 Å². The van der Waals surface area contributed by atoms with E-state index in [1.807, 2.05) is 0 Å². The minimum Gasteiger partial charge on any atom is -0.481 e. The van der Waals surface area contributed by atoms with Crippen molar-refractivity contribution < 1.29 is 33.4 Å². The van der Waals surface area contributed by atoms with Gasteiger partial charge in [-0.05, 0) is 48.1 Å². The lowest BCUT2D eigenvalue weighted by Crippen LogP contribution is -2.46. The zero-order valence-electron chi connectivity index (χ0n) is 18.3. The molecule has 0 spiro atoms. The van der Waals surface area contributed by atoms with Crippen molar-refractivity contribution >= 4 is 19.5 Å². The lowest BCUT2D eigenvalue weighted by Gasteiger charge is -2.38. The molecule has 7 nitrogen and oxygen atoms in total. The summed E-state index contributed by atoms with van der Waals surface area (Å²) >= 11 is 0. The number of carboxylic acids is 1. The molecule has 2 aromatic carbocycles. The molecule has 0 saturated heterocycles. The molecular weight excluding hydrogens is 448 g/mol. The van der Waals surface area contributed by atoms with Crippen LogP contribution in [0.1, 0.15) is 60.0 Å². The number of halogens is 1. The summed E-state index contributed by atoms with van der Waals surface area (Å²) in [6, 6.07) is 11.3. The van der Waals surface area contributed by atoms with Crippen LogP contribution in [0.15, 0.2) is 48.5 Å². The van der Waals surface area contributed by atoms with Gasteiger partial charge in [0, 0.05) is 18.2 Å². The van der Waals surface area contributed by atoms with E-state index in [1.165, 1.54) is 23.1 Å². The fourth-order valence-corrected chi connectivity index (χ4v) is 5.23. The predicted molar refractivity (Wildman–Crippen MR) is 121 cm³/mol. The lowest BCUT2D eigenvalue weighted by molar-refractivity contribution is -0.138. The number of hydrogen-bond donors (Lipinski definition) is 3. The first-order valence-electron chi connectivity index (χ1n) is 11.0. The fourth-order valence-electron chi connectivity index (χ4n) is 4.54. The van der Waals surface area contributed by atoms with Crippen molar-refractivity contribution in [3.63, 3.8) is 0 Å². The Morgan fingerprint density at radius 3 is 2.24 bits per heavy atom. The molecule has 1 fully saturated rings. The Labute approximate surface area is 192 Å². The number of rotatable bonds is 9. The first-order chi connectivity index (χ1) is 15.6. The third kappa shape index (κ3) is 7.49. The highest BCUT2D eigenvalue weighted by atomic mass is 31.2. The van der Waals surface area contributed by atoms with Crippen molar-refractivity contribution in [2.75, 3.05) is 0 Å². The van der Waals surface area contributed by atoms with Crippen molar-refractivity contribution in [1.29, 1.82) is 0 Å². The van der Waals surface area contributed by atoms with Gasteiger partial charge >= 0.3 is 13.6 Å². The average Bonchev–Trinajstić information content (AvgIpc) is 2.76. The fraction of sp³-hybridized carbons (Fsp3) is 0.417. The molecule has 1 unspecified atom stereocenters. The number of hydrogen-bond acceptors (Lipinski definition) is 3. The summed E-state index contributed by atoms with van der Waals surface area (Å²) in [4.78, 5) is 45.1. The molecule has 1 atom stereocenters. The van der Waals surface area contributed by atoms with Gasteiger partial charge in [-0.2, -0.15) is 0 Å². The highest BCUT2D eigenvalue weighted by Crippen LogP contribution is 2.39.